The Morgan fingerprint density at radius 1 is 1.10 bits per heavy atom. The fourth-order valence-electron chi connectivity index (χ4n) is 2.19. The smallest absolute Gasteiger partial charge is 0.230 e. The van der Waals surface area contributed by atoms with Crippen LogP contribution in [0.1, 0.15) is 5.56 Å². The molecule has 1 aromatic heterocycles. The maximum Gasteiger partial charge on any atom is 0.230 e. The number of hydrogen-bond donors (Lipinski definition) is 1. The van der Waals surface area contributed by atoms with E-state index in [1.54, 1.807) is 0 Å². The van der Waals surface area contributed by atoms with Gasteiger partial charge in [0, 0.05) is 15.1 Å². The van der Waals surface area contributed by atoms with Gasteiger partial charge in [0.2, 0.25) is 5.88 Å². The van der Waals surface area contributed by atoms with Crippen LogP contribution in [0.25, 0.3) is 22.4 Å². The highest BCUT2D eigenvalue weighted by Crippen LogP contribution is 2.37. The summed E-state index contributed by atoms with van der Waals surface area (Å²) in [5, 5.41) is 4.78. The van der Waals surface area contributed by atoms with Crippen molar-refractivity contribution < 1.29 is 4.52 Å². The van der Waals surface area contributed by atoms with Gasteiger partial charge in [0.05, 0.1) is 5.56 Å². The Balaban J connectivity index is 2.16. The zero-order valence-corrected chi connectivity index (χ0v) is 13.6. The van der Waals surface area contributed by atoms with Crippen LogP contribution in [0.15, 0.2) is 51.5 Å². The lowest BCUT2D eigenvalue weighted by Crippen LogP contribution is -1.88. The molecule has 0 saturated carbocycles. The lowest BCUT2D eigenvalue weighted by molar-refractivity contribution is 0.439. The van der Waals surface area contributed by atoms with Crippen LogP contribution in [0.5, 0.6) is 0 Å². The van der Waals surface area contributed by atoms with E-state index >= 15 is 0 Å². The van der Waals surface area contributed by atoms with Crippen molar-refractivity contribution >= 4 is 33.4 Å². The third-order valence-corrected chi connectivity index (χ3v) is 4.42. The first-order valence-electron chi connectivity index (χ1n) is 6.34. The molecule has 0 fully saturated rings. The number of nitrogens with two attached hydrogens (primary N) is 1. The van der Waals surface area contributed by atoms with Gasteiger partial charge in [-0.2, -0.15) is 0 Å². The van der Waals surface area contributed by atoms with Gasteiger partial charge >= 0.3 is 0 Å². The molecule has 0 aliphatic rings. The van der Waals surface area contributed by atoms with E-state index in [1.807, 2.05) is 49.4 Å². The van der Waals surface area contributed by atoms with E-state index in [9.17, 15) is 0 Å². The predicted molar refractivity (Wildman–Crippen MR) is 89.2 cm³/mol. The first-order valence-corrected chi connectivity index (χ1v) is 7.51. The zero-order chi connectivity index (χ0) is 15.0. The molecule has 0 atom stereocenters. The van der Waals surface area contributed by atoms with Gasteiger partial charge in [-0.3, -0.25) is 0 Å². The molecule has 3 rings (SSSR count). The largest absolute Gasteiger partial charge is 0.367 e. The van der Waals surface area contributed by atoms with Crippen LogP contribution in [0.2, 0.25) is 5.02 Å². The monoisotopic (exact) mass is 362 g/mol. The van der Waals surface area contributed by atoms with Crippen LogP contribution < -0.4 is 5.73 Å². The standard InChI is InChI=1S/C16H12BrClN2O/c1-9-8-11(4-7-13(9)17)15-14(16(19)21-20-15)10-2-5-12(18)6-3-10/h2-8H,19H2,1H3. The Morgan fingerprint density at radius 2 is 1.76 bits per heavy atom. The average Bonchev–Trinajstić information content (AvgIpc) is 2.85. The van der Waals surface area contributed by atoms with Gasteiger partial charge in [-0.25, -0.2) is 0 Å². The molecule has 3 nitrogen and oxygen atoms in total. The van der Waals surface area contributed by atoms with Crippen LogP contribution >= 0.6 is 27.5 Å². The molecule has 106 valence electrons. The van der Waals surface area contributed by atoms with Gasteiger partial charge in [0.25, 0.3) is 0 Å². The minimum absolute atomic E-state index is 0.299. The molecule has 0 saturated heterocycles. The molecule has 0 aliphatic heterocycles. The quantitative estimate of drug-likeness (QED) is 0.671. The van der Waals surface area contributed by atoms with Crippen molar-refractivity contribution in [3.63, 3.8) is 0 Å². The van der Waals surface area contributed by atoms with Crippen LogP contribution in [-0.2, 0) is 0 Å². The van der Waals surface area contributed by atoms with Crippen molar-refractivity contribution in [2.24, 2.45) is 0 Å². The molecule has 21 heavy (non-hydrogen) atoms. The van der Waals surface area contributed by atoms with Gasteiger partial charge in [0.1, 0.15) is 5.69 Å². The second-order valence-corrected chi connectivity index (χ2v) is 6.03. The fraction of sp³-hybridized carbons (Fsp3) is 0.0625. The number of aryl methyl sites for hydroxylation is 1. The summed E-state index contributed by atoms with van der Waals surface area (Å²) in [5.74, 6) is 0.299. The first-order chi connectivity index (χ1) is 10.1. The summed E-state index contributed by atoms with van der Waals surface area (Å²) < 4.78 is 6.24. The summed E-state index contributed by atoms with van der Waals surface area (Å²) in [6.07, 6.45) is 0. The van der Waals surface area contributed by atoms with Crippen LogP contribution in [0.4, 0.5) is 5.88 Å². The molecule has 0 bridgehead atoms. The maximum atomic E-state index is 5.95. The number of nitrogen functional groups attached to an aromatic ring is 1. The van der Waals surface area contributed by atoms with Gasteiger partial charge in [-0.05, 0) is 42.3 Å². The van der Waals surface area contributed by atoms with Gasteiger partial charge < -0.3 is 10.3 Å². The molecule has 0 aliphatic carbocycles. The number of aromatic nitrogens is 1. The van der Waals surface area contributed by atoms with E-state index < -0.39 is 0 Å². The minimum Gasteiger partial charge on any atom is -0.367 e. The second-order valence-electron chi connectivity index (χ2n) is 4.74. The summed E-state index contributed by atoms with van der Waals surface area (Å²) in [6, 6.07) is 13.5. The van der Waals surface area contributed by atoms with E-state index in [2.05, 4.69) is 21.1 Å². The van der Waals surface area contributed by atoms with Crippen LogP contribution in [0.3, 0.4) is 0 Å². The Morgan fingerprint density at radius 3 is 2.43 bits per heavy atom. The Kier molecular flexibility index (Phi) is 3.74. The van der Waals surface area contributed by atoms with Crippen molar-refractivity contribution in [1.29, 1.82) is 0 Å². The van der Waals surface area contributed by atoms with Crippen molar-refractivity contribution in [3.8, 4) is 22.4 Å². The number of hydrogen-bond acceptors (Lipinski definition) is 3. The van der Waals surface area contributed by atoms with Crippen molar-refractivity contribution in [1.82, 2.24) is 5.16 Å². The Hall–Kier alpha value is -1.78. The van der Waals surface area contributed by atoms with Gasteiger partial charge in [0.15, 0.2) is 0 Å². The fourth-order valence-corrected chi connectivity index (χ4v) is 2.56. The third kappa shape index (κ3) is 2.69. The van der Waals surface area contributed by atoms with E-state index in [-0.39, 0.29) is 0 Å². The first kappa shape index (κ1) is 14.2. The molecule has 3 aromatic rings. The van der Waals surface area contributed by atoms with E-state index in [0.29, 0.717) is 10.9 Å². The highest BCUT2D eigenvalue weighted by molar-refractivity contribution is 9.10. The highest BCUT2D eigenvalue weighted by Gasteiger charge is 2.17. The molecule has 0 spiro atoms. The van der Waals surface area contributed by atoms with E-state index in [1.165, 1.54) is 0 Å². The average molecular weight is 364 g/mol. The Bertz CT molecular complexity index is 797. The van der Waals surface area contributed by atoms with Gasteiger partial charge in [-0.1, -0.05) is 50.9 Å². The summed E-state index contributed by atoms with van der Waals surface area (Å²) in [6.45, 7) is 2.03. The van der Waals surface area contributed by atoms with Gasteiger partial charge in [-0.15, -0.1) is 0 Å². The zero-order valence-electron chi connectivity index (χ0n) is 11.2. The SMILES string of the molecule is Cc1cc(-c2noc(N)c2-c2ccc(Cl)cc2)ccc1Br. The number of benzene rings is 2. The molecule has 2 aromatic carbocycles. The topological polar surface area (TPSA) is 52.0 Å². The van der Waals surface area contributed by atoms with Crippen LogP contribution in [-0.4, -0.2) is 5.16 Å². The van der Waals surface area contributed by atoms with Crippen molar-refractivity contribution in [3.05, 3.63) is 57.5 Å². The number of rotatable bonds is 2. The number of halogens is 2. The Labute approximate surface area is 135 Å². The summed E-state index contributed by atoms with van der Waals surface area (Å²) in [5.41, 5.74) is 10.5. The summed E-state index contributed by atoms with van der Waals surface area (Å²) in [7, 11) is 0. The number of anilines is 1. The normalized spacial score (nSPS) is 10.8. The predicted octanol–water partition coefficient (Wildman–Crippen LogP) is 5.32. The lowest BCUT2D eigenvalue weighted by atomic mass is 10.00. The second kappa shape index (κ2) is 5.54. The van der Waals surface area contributed by atoms with E-state index in [0.717, 1.165) is 32.4 Å². The molecular weight excluding hydrogens is 352 g/mol. The molecule has 5 heteroatoms. The minimum atomic E-state index is 0.299. The molecular formula is C16H12BrClN2O. The summed E-state index contributed by atoms with van der Waals surface area (Å²) in [4.78, 5) is 0. The molecule has 0 unspecified atom stereocenters. The highest BCUT2D eigenvalue weighted by atomic mass is 79.9. The molecule has 2 N–H and O–H groups in total. The number of nitrogens with zero attached hydrogens (tertiary/aromatic N) is 1. The van der Waals surface area contributed by atoms with E-state index in [4.69, 9.17) is 21.9 Å². The lowest BCUT2D eigenvalue weighted by Gasteiger charge is -2.05. The summed E-state index contributed by atoms with van der Waals surface area (Å²) >= 11 is 9.43. The van der Waals surface area contributed by atoms with Crippen LogP contribution in [0, 0.1) is 6.92 Å². The van der Waals surface area contributed by atoms with Crippen molar-refractivity contribution in [2.45, 2.75) is 6.92 Å². The maximum absolute atomic E-state index is 5.95. The molecule has 0 amide bonds. The molecule has 0 radical (unpaired) electrons. The third-order valence-electron chi connectivity index (χ3n) is 3.28. The molecule has 1 heterocycles. The van der Waals surface area contributed by atoms with Crippen molar-refractivity contribution in [2.75, 3.05) is 5.73 Å².